The van der Waals surface area contributed by atoms with E-state index in [1.807, 2.05) is 12.1 Å². The van der Waals surface area contributed by atoms with E-state index in [1.165, 1.54) is 0 Å². The fourth-order valence-corrected chi connectivity index (χ4v) is 1.76. The molecule has 7 heteroatoms. The molecule has 114 valence electrons. The van der Waals surface area contributed by atoms with Gasteiger partial charge in [0.15, 0.2) is 11.9 Å². The van der Waals surface area contributed by atoms with Crippen molar-refractivity contribution in [3.05, 3.63) is 58.8 Å². The average Bonchev–Trinajstić information content (AvgIpc) is 2.55. The van der Waals surface area contributed by atoms with Crippen LogP contribution in [0.3, 0.4) is 0 Å². The third kappa shape index (κ3) is 4.56. The second-order valence-electron chi connectivity index (χ2n) is 4.32. The Morgan fingerprint density at radius 1 is 1.27 bits per heavy atom. The molecule has 0 saturated carbocycles. The van der Waals surface area contributed by atoms with E-state index in [4.69, 9.17) is 15.3 Å². The zero-order valence-corrected chi connectivity index (χ0v) is 13.4. The normalized spacial score (nSPS) is 12.5. The van der Waals surface area contributed by atoms with Gasteiger partial charge >= 0.3 is 5.97 Å². The first-order valence-corrected chi connectivity index (χ1v) is 7.23. The van der Waals surface area contributed by atoms with Crippen LogP contribution in [0.4, 0.5) is 0 Å². The van der Waals surface area contributed by atoms with Crippen LogP contribution in [0.25, 0.3) is 0 Å². The zero-order chi connectivity index (χ0) is 15.9. The summed E-state index contributed by atoms with van der Waals surface area (Å²) in [5.74, 6) is -0.0825. The molecule has 1 aromatic heterocycles. The van der Waals surface area contributed by atoms with Crippen molar-refractivity contribution in [2.45, 2.75) is 13.0 Å². The number of carbonyl (C=O) groups is 1. The van der Waals surface area contributed by atoms with Gasteiger partial charge in [-0.25, -0.2) is 4.79 Å². The van der Waals surface area contributed by atoms with Gasteiger partial charge in [-0.3, -0.25) is 4.98 Å². The van der Waals surface area contributed by atoms with Crippen molar-refractivity contribution in [2.75, 3.05) is 0 Å². The zero-order valence-electron chi connectivity index (χ0n) is 11.8. The molecule has 0 spiro atoms. The van der Waals surface area contributed by atoms with Gasteiger partial charge in [-0.2, -0.15) is 0 Å². The quantitative estimate of drug-likeness (QED) is 0.381. The van der Waals surface area contributed by atoms with Crippen molar-refractivity contribution in [3.8, 4) is 5.75 Å². The van der Waals surface area contributed by atoms with Gasteiger partial charge in [0.1, 0.15) is 11.4 Å². The minimum atomic E-state index is -0.818. The number of hydrogen-bond donors (Lipinski definition) is 1. The summed E-state index contributed by atoms with van der Waals surface area (Å²) < 4.78 is 6.37. The topological polar surface area (TPSA) is 86.8 Å². The lowest BCUT2D eigenvalue weighted by molar-refractivity contribution is -0.151. The van der Waals surface area contributed by atoms with Crippen LogP contribution < -0.4 is 10.5 Å². The van der Waals surface area contributed by atoms with Gasteiger partial charge in [-0.15, -0.1) is 0 Å². The van der Waals surface area contributed by atoms with E-state index in [1.54, 1.807) is 43.5 Å². The van der Waals surface area contributed by atoms with Crippen LogP contribution in [0, 0.1) is 0 Å². The Balaban J connectivity index is 1.92. The number of carbonyl (C=O) groups excluding carboxylic acids is 1. The first kappa shape index (κ1) is 16.0. The summed E-state index contributed by atoms with van der Waals surface area (Å²) >= 11 is 3.32. The lowest BCUT2D eigenvalue weighted by Crippen LogP contribution is -2.26. The summed E-state index contributed by atoms with van der Waals surface area (Å²) in [4.78, 5) is 20.6. The number of oxime groups is 1. The molecular weight excluding hydrogens is 350 g/mol. The van der Waals surface area contributed by atoms with E-state index < -0.39 is 12.1 Å². The maximum Gasteiger partial charge on any atom is 0.374 e. The van der Waals surface area contributed by atoms with Crippen molar-refractivity contribution in [1.82, 2.24) is 4.98 Å². The third-order valence-electron chi connectivity index (χ3n) is 2.62. The number of ether oxygens (including phenoxy) is 1. The Morgan fingerprint density at radius 2 is 2.00 bits per heavy atom. The van der Waals surface area contributed by atoms with Gasteiger partial charge in [0.25, 0.3) is 0 Å². The van der Waals surface area contributed by atoms with E-state index >= 15 is 0 Å². The Morgan fingerprint density at radius 3 is 2.64 bits per heavy atom. The molecule has 1 heterocycles. The molecule has 0 unspecified atom stereocenters. The van der Waals surface area contributed by atoms with Crippen LogP contribution in [0.15, 0.2) is 58.3 Å². The Hall–Kier alpha value is -2.41. The number of benzene rings is 1. The summed E-state index contributed by atoms with van der Waals surface area (Å²) in [5, 5.41) is 3.57. The SMILES string of the molecule is C[C@H](Oc1ccc(Br)cc1)C(=O)ON=C(N)c1ccccn1. The smallest absolute Gasteiger partial charge is 0.374 e. The molecule has 0 radical (unpaired) electrons. The van der Waals surface area contributed by atoms with Crippen molar-refractivity contribution in [3.63, 3.8) is 0 Å². The average molecular weight is 364 g/mol. The number of pyridine rings is 1. The molecule has 22 heavy (non-hydrogen) atoms. The van der Waals surface area contributed by atoms with Crippen LogP contribution in [0.5, 0.6) is 5.75 Å². The molecule has 1 atom stereocenters. The summed E-state index contributed by atoms with van der Waals surface area (Å²) in [6.45, 7) is 1.57. The highest BCUT2D eigenvalue weighted by Crippen LogP contribution is 2.17. The van der Waals surface area contributed by atoms with Crippen LogP contribution in [0.2, 0.25) is 0 Å². The Labute approximate surface area is 136 Å². The first-order valence-electron chi connectivity index (χ1n) is 6.44. The van der Waals surface area contributed by atoms with E-state index in [-0.39, 0.29) is 5.84 Å². The first-order chi connectivity index (χ1) is 10.6. The lowest BCUT2D eigenvalue weighted by atomic mass is 10.3. The van der Waals surface area contributed by atoms with E-state index in [9.17, 15) is 4.79 Å². The number of hydrogen-bond acceptors (Lipinski definition) is 5. The number of aromatic nitrogens is 1. The maximum atomic E-state index is 11.8. The van der Waals surface area contributed by atoms with Crippen molar-refractivity contribution in [2.24, 2.45) is 10.9 Å². The Kier molecular flexibility index (Phi) is 5.48. The van der Waals surface area contributed by atoms with Gasteiger partial charge in [0.2, 0.25) is 0 Å². The molecule has 0 bridgehead atoms. The largest absolute Gasteiger partial charge is 0.479 e. The summed E-state index contributed by atoms with van der Waals surface area (Å²) in [7, 11) is 0. The molecule has 0 saturated heterocycles. The van der Waals surface area contributed by atoms with Gasteiger partial charge < -0.3 is 15.3 Å². The van der Waals surface area contributed by atoms with Gasteiger partial charge in [0, 0.05) is 10.7 Å². The molecule has 0 fully saturated rings. The molecule has 0 aliphatic heterocycles. The fraction of sp³-hybridized carbons (Fsp3) is 0.133. The van der Waals surface area contributed by atoms with Crippen LogP contribution in [0.1, 0.15) is 12.6 Å². The van der Waals surface area contributed by atoms with E-state index in [2.05, 4.69) is 26.1 Å². The molecular formula is C15H14BrN3O3. The predicted octanol–water partition coefficient (Wildman–Crippen LogP) is 2.48. The van der Waals surface area contributed by atoms with Crippen LogP contribution in [-0.2, 0) is 9.63 Å². The summed E-state index contributed by atoms with van der Waals surface area (Å²) in [5.41, 5.74) is 6.10. The molecule has 1 aromatic carbocycles. The summed E-state index contributed by atoms with van der Waals surface area (Å²) in [6, 6.07) is 12.3. The van der Waals surface area contributed by atoms with Gasteiger partial charge in [-0.1, -0.05) is 27.2 Å². The highest BCUT2D eigenvalue weighted by Gasteiger charge is 2.17. The summed E-state index contributed by atoms with van der Waals surface area (Å²) in [6.07, 6.45) is 0.750. The number of amidine groups is 1. The lowest BCUT2D eigenvalue weighted by Gasteiger charge is -2.11. The van der Waals surface area contributed by atoms with E-state index in [0.29, 0.717) is 11.4 Å². The minimum absolute atomic E-state index is 0.0183. The molecule has 6 nitrogen and oxygen atoms in total. The van der Waals surface area contributed by atoms with Crippen molar-refractivity contribution >= 4 is 27.7 Å². The van der Waals surface area contributed by atoms with Crippen molar-refractivity contribution < 1.29 is 14.4 Å². The standard InChI is InChI=1S/C15H14BrN3O3/c1-10(21-12-7-5-11(16)6-8-12)15(20)22-19-14(17)13-4-2-3-9-18-13/h2-10H,1H3,(H2,17,19)/t10-/m0/s1. The predicted molar refractivity (Wildman–Crippen MR) is 85.3 cm³/mol. The number of halogens is 1. The second-order valence-corrected chi connectivity index (χ2v) is 5.23. The molecule has 2 rings (SSSR count). The molecule has 2 aromatic rings. The highest BCUT2D eigenvalue weighted by molar-refractivity contribution is 9.10. The van der Waals surface area contributed by atoms with Crippen LogP contribution in [-0.4, -0.2) is 22.9 Å². The maximum absolute atomic E-state index is 11.8. The van der Waals surface area contributed by atoms with Gasteiger partial charge in [-0.05, 0) is 43.3 Å². The molecule has 0 aliphatic carbocycles. The molecule has 0 amide bonds. The Bertz CT molecular complexity index is 659. The second kappa shape index (κ2) is 7.56. The highest BCUT2D eigenvalue weighted by atomic mass is 79.9. The molecule has 0 aliphatic rings. The number of rotatable bonds is 5. The fourth-order valence-electron chi connectivity index (χ4n) is 1.49. The third-order valence-corrected chi connectivity index (χ3v) is 3.15. The number of nitrogens with two attached hydrogens (primary N) is 1. The van der Waals surface area contributed by atoms with Crippen molar-refractivity contribution in [1.29, 1.82) is 0 Å². The van der Waals surface area contributed by atoms with E-state index in [0.717, 1.165) is 4.47 Å². The minimum Gasteiger partial charge on any atom is -0.479 e. The van der Waals surface area contributed by atoms with Gasteiger partial charge in [0.05, 0.1) is 0 Å². The van der Waals surface area contributed by atoms with Crippen LogP contribution >= 0.6 is 15.9 Å². The monoisotopic (exact) mass is 363 g/mol. The molecule has 2 N–H and O–H groups in total. The number of nitrogens with zero attached hydrogens (tertiary/aromatic N) is 2.